The molecule has 2 fully saturated rings. The molecule has 4 heterocycles. The average molecular weight is 376 g/mol. The van der Waals surface area contributed by atoms with Crippen LogP contribution in [0.5, 0.6) is 0 Å². The van der Waals surface area contributed by atoms with Crippen LogP contribution in [-0.4, -0.2) is 64.9 Å². The zero-order chi connectivity index (χ0) is 18.9. The van der Waals surface area contributed by atoms with Crippen LogP contribution in [0.2, 0.25) is 0 Å². The lowest BCUT2D eigenvalue weighted by Gasteiger charge is -2.37. The van der Waals surface area contributed by atoms with Gasteiger partial charge in [-0.2, -0.15) is 0 Å². The van der Waals surface area contributed by atoms with Crippen LogP contribution in [0.1, 0.15) is 65.8 Å². The second-order valence-corrected chi connectivity index (χ2v) is 7.50. The van der Waals surface area contributed by atoms with Gasteiger partial charge in [0.15, 0.2) is 11.6 Å². The Morgan fingerprint density at radius 3 is 2.59 bits per heavy atom. The lowest BCUT2D eigenvalue weighted by atomic mass is 10.0. The highest BCUT2D eigenvalue weighted by Gasteiger charge is 2.41. The summed E-state index contributed by atoms with van der Waals surface area (Å²) in [6.45, 7) is 5.79. The number of imidazole rings is 1. The van der Waals surface area contributed by atoms with Crippen molar-refractivity contribution in [3.05, 3.63) is 17.2 Å². The zero-order valence-corrected chi connectivity index (χ0v) is 16.0. The fourth-order valence-electron chi connectivity index (χ4n) is 4.19. The van der Waals surface area contributed by atoms with Gasteiger partial charge in [-0.1, -0.05) is 6.92 Å². The Hall–Kier alpha value is -1.93. The van der Waals surface area contributed by atoms with Crippen molar-refractivity contribution in [1.82, 2.24) is 19.8 Å². The molecule has 1 aromatic rings. The van der Waals surface area contributed by atoms with E-state index >= 15 is 0 Å². The van der Waals surface area contributed by atoms with E-state index in [9.17, 15) is 9.59 Å². The minimum absolute atomic E-state index is 0.0805. The summed E-state index contributed by atoms with van der Waals surface area (Å²) < 4.78 is 13.4. The number of ether oxygens (including phenoxy) is 2. The molecule has 8 heteroatoms. The number of piperidine rings is 1. The first-order valence-corrected chi connectivity index (χ1v) is 10.1. The molecule has 0 atom stereocenters. The van der Waals surface area contributed by atoms with E-state index in [1.54, 1.807) is 0 Å². The third-order valence-electron chi connectivity index (χ3n) is 5.69. The highest BCUT2D eigenvalue weighted by molar-refractivity contribution is 5.97. The Balaban J connectivity index is 1.53. The standard InChI is InChI=1S/C19H28N4O4/c1-2-8-20-17(24)16-21-15(14-5-3-4-9-23(14)16)18(25)22-10-6-19(7-11-22)26-12-13-27-19/h2-13H2,1H3,(H,20,24). The van der Waals surface area contributed by atoms with Crippen molar-refractivity contribution in [2.75, 3.05) is 32.8 Å². The molecule has 148 valence electrons. The highest BCUT2D eigenvalue weighted by Crippen LogP contribution is 2.32. The number of aromatic nitrogens is 2. The van der Waals surface area contributed by atoms with Gasteiger partial charge in [0.05, 0.1) is 18.9 Å². The van der Waals surface area contributed by atoms with Crippen molar-refractivity contribution in [2.45, 2.75) is 57.8 Å². The molecule has 1 spiro atoms. The Morgan fingerprint density at radius 2 is 1.89 bits per heavy atom. The summed E-state index contributed by atoms with van der Waals surface area (Å²) in [6.07, 6.45) is 5.04. The minimum atomic E-state index is -0.504. The number of fused-ring (bicyclic) bond motifs is 1. The van der Waals surface area contributed by atoms with Crippen molar-refractivity contribution >= 4 is 11.8 Å². The third-order valence-corrected chi connectivity index (χ3v) is 5.69. The number of nitrogens with one attached hydrogen (secondary N) is 1. The van der Waals surface area contributed by atoms with E-state index in [0.717, 1.165) is 37.9 Å². The fraction of sp³-hybridized carbons (Fsp3) is 0.737. The van der Waals surface area contributed by atoms with E-state index in [0.29, 0.717) is 57.2 Å². The summed E-state index contributed by atoms with van der Waals surface area (Å²) in [7, 11) is 0. The molecule has 1 N–H and O–H groups in total. The molecule has 0 saturated carbocycles. The number of rotatable bonds is 4. The SMILES string of the molecule is CCCNC(=O)c1nc(C(=O)N2CCC3(CC2)OCCO3)c2n1CCCC2. The van der Waals surface area contributed by atoms with Crippen LogP contribution in [0.15, 0.2) is 0 Å². The second-order valence-electron chi connectivity index (χ2n) is 7.50. The van der Waals surface area contributed by atoms with Gasteiger partial charge in [-0.25, -0.2) is 4.98 Å². The first kappa shape index (κ1) is 18.4. The summed E-state index contributed by atoms with van der Waals surface area (Å²) >= 11 is 0. The molecule has 2 amide bonds. The van der Waals surface area contributed by atoms with Crippen LogP contribution in [0.4, 0.5) is 0 Å². The Morgan fingerprint density at radius 1 is 1.15 bits per heavy atom. The number of hydrogen-bond donors (Lipinski definition) is 1. The first-order valence-electron chi connectivity index (χ1n) is 10.1. The second kappa shape index (κ2) is 7.59. The topological polar surface area (TPSA) is 85.7 Å². The van der Waals surface area contributed by atoms with Gasteiger partial charge in [-0.15, -0.1) is 0 Å². The molecule has 4 rings (SSSR count). The van der Waals surface area contributed by atoms with Crippen LogP contribution in [0.25, 0.3) is 0 Å². The molecule has 27 heavy (non-hydrogen) atoms. The van der Waals surface area contributed by atoms with Gasteiger partial charge in [0.1, 0.15) is 5.69 Å². The third kappa shape index (κ3) is 3.48. The molecule has 0 aromatic carbocycles. The van der Waals surface area contributed by atoms with E-state index in [1.807, 2.05) is 16.4 Å². The van der Waals surface area contributed by atoms with Crippen molar-refractivity contribution < 1.29 is 19.1 Å². The molecule has 1 aromatic heterocycles. The molecule has 3 aliphatic heterocycles. The molecular weight excluding hydrogens is 348 g/mol. The molecule has 2 saturated heterocycles. The molecular formula is C19H28N4O4. The van der Waals surface area contributed by atoms with Gasteiger partial charge in [0.25, 0.3) is 11.8 Å². The number of hydrogen-bond acceptors (Lipinski definition) is 5. The van der Waals surface area contributed by atoms with Gasteiger partial charge in [-0.05, 0) is 25.7 Å². The number of carbonyl (C=O) groups is 2. The van der Waals surface area contributed by atoms with E-state index in [2.05, 4.69) is 10.3 Å². The monoisotopic (exact) mass is 376 g/mol. The van der Waals surface area contributed by atoms with Crippen LogP contribution >= 0.6 is 0 Å². The molecule has 0 unspecified atom stereocenters. The largest absolute Gasteiger partial charge is 0.349 e. The number of likely N-dealkylation sites (tertiary alicyclic amines) is 1. The van der Waals surface area contributed by atoms with Crippen LogP contribution < -0.4 is 5.32 Å². The lowest BCUT2D eigenvalue weighted by molar-refractivity contribution is -0.181. The summed E-state index contributed by atoms with van der Waals surface area (Å²) in [6, 6.07) is 0. The van der Waals surface area contributed by atoms with E-state index in [4.69, 9.17) is 9.47 Å². The van der Waals surface area contributed by atoms with Crippen molar-refractivity contribution in [2.24, 2.45) is 0 Å². The Labute approximate surface area is 159 Å². The van der Waals surface area contributed by atoms with Gasteiger partial charge in [0, 0.05) is 39.0 Å². The van der Waals surface area contributed by atoms with Crippen LogP contribution in [-0.2, 0) is 22.4 Å². The van der Waals surface area contributed by atoms with Gasteiger partial charge < -0.3 is 24.3 Å². The van der Waals surface area contributed by atoms with E-state index in [-0.39, 0.29) is 11.8 Å². The first-order chi connectivity index (χ1) is 13.1. The molecule has 8 nitrogen and oxygen atoms in total. The molecule has 0 aliphatic carbocycles. The summed E-state index contributed by atoms with van der Waals surface area (Å²) in [5.41, 5.74) is 1.35. The number of amides is 2. The van der Waals surface area contributed by atoms with Crippen LogP contribution in [0, 0.1) is 0 Å². The number of carbonyl (C=O) groups excluding carboxylic acids is 2. The Kier molecular flexibility index (Phi) is 5.19. The lowest BCUT2D eigenvalue weighted by Crippen LogP contribution is -2.47. The highest BCUT2D eigenvalue weighted by atomic mass is 16.7. The Bertz CT molecular complexity index is 714. The predicted molar refractivity (Wildman–Crippen MR) is 97.6 cm³/mol. The quantitative estimate of drug-likeness (QED) is 0.857. The van der Waals surface area contributed by atoms with Gasteiger partial charge >= 0.3 is 0 Å². The maximum atomic E-state index is 13.2. The van der Waals surface area contributed by atoms with Crippen LogP contribution in [0.3, 0.4) is 0 Å². The maximum absolute atomic E-state index is 13.2. The molecule has 0 bridgehead atoms. The van der Waals surface area contributed by atoms with Crippen molar-refractivity contribution in [3.8, 4) is 0 Å². The van der Waals surface area contributed by atoms with Crippen molar-refractivity contribution in [3.63, 3.8) is 0 Å². The van der Waals surface area contributed by atoms with Gasteiger partial charge in [0.2, 0.25) is 0 Å². The predicted octanol–water partition coefficient (Wildman–Crippen LogP) is 1.34. The van der Waals surface area contributed by atoms with Gasteiger partial charge in [-0.3, -0.25) is 9.59 Å². The minimum Gasteiger partial charge on any atom is -0.349 e. The maximum Gasteiger partial charge on any atom is 0.287 e. The molecule has 3 aliphatic rings. The molecule has 0 radical (unpaired) electrons. The smallest absolute Gasteiger partial charge is 0.287 e. The fourth-order valence-corrected chi connectivity index (χ4v) is 4.19. The average Bonchev–Trinajstić information content (AvgIpc) is 3.31. The zero-order valence-electron chi connectivity index (χ0n) is 16.0. The number of nitrogens with zero attached hydrogens (tertiary/aromatic N) is 3. The summed E-state index contributed by atoms with van der Waals surface area (Å²) in [4.78, 5) is 32.0. The van der Waals surface area contributed by atoms with E-state index in [1.165, 1.54) is 0 Å². The van der Waals surface area contributed by atoms with Crippen molar-refractivity contribution in [1.29, 1.82) is 0 Å². The van der Waals surface area contributed by atoms with E-state index < -0.39 is 5.79 Å². The summed E-state index contributed by atoms with van der Waals surface area (Å²) in [5.74, 6) is -0.403. The normalized spacial score (nSPS) is 21.3. The summed E-state index contributed by atoms with van der Waals surface area (Å²) in [5, 5.41) is 2.88.